The number of Topliss-reactive ketones (excluding diaryl/α,β-unsaturated/α-hetero) is 1. The lowest BCUT2D eigenvalue weighted by Crippen LogP contribution is -2.40. The maximum atomic E-state index is 13.5. The molecular formula is C25H26F3N5O4S. The Morgan fingerprint density at radius 1 is 1.05 bits per heavy atom. The highest BCUT2D eigenvalue weighted by molar-refractivity contribution is 7.89. The zero-order valence-corrected chi connectivity index (χ0v) is 21.1. The second-order valence-corrected chi connectivity index (χ2v) is 10.8. The number of halogens is 3. The Hall–Kier alpha value is -3.58. The second kappa shape index (κ2) is 11.4. The van der Waals surface area contributed by atoms with Gasteiger partial charge in [0.25, 0.3) is 5.91 Å². The number of pyridine rings is 1. The van der Waals surface area contributed by atoms with Crippen LogP contribution < -0.4 is 5.32 Å². The maximum absolute atomic E-state index is 13.5. The Morgan fingerprint density at radius 3 is 2.39 bits per heavy atom. The third-order valence-corrected chi connectivity index (χ3v) is 8.20. The molecular weight excluding hydrogens is 523 g/mol. The number of para-hydroxylation sites is 1. The number of carbonyl (C=O) groups is 2. The average molecular weight is 550 g/mol. The number of ketones is 1. The van der Waals surface area contributed by atoms with Gasteiger partial charge in [0, 0.05) is 50.6 Å². The van der Waals surface area contributed by atoms with E-state index in [0.717, 1.165) is 10.9 Å². The minimum Gasteiger partial charge on any atom is -0.352 e. The van der Waals surface area contributed by atoms with Crippen LogP contribution in [-0.4, -0.2) is 58.8 Å². The number of rotatable bonds is 9. The van der Waals surface area contributed by atoms with Crippen molar-refractivity contribution in [1.29, 1.82) is 0 Å². The molecule has 0 spiro atoms. The Kier molecular flexibility index (Phi) is 8.26. The first kappa shape index (κ1) is 27.5. The highest BCUT2D eigenvalue weighted by Crippen LogP contribution is 2.31. The SMILES string of the molecule is O=C(NCCCC(=O)C1CCN(S(=O)(=O)c2cccnc2)CC1)c1cn(-c2ccccc2)nc1C(F)(F)F. The van der Waals surface area contributed by atoms with Gasteiger partial charge in [-0.1, -0.05) is 18.2 Å². The molecule has 1 amide bonds. The van der Waals surface area contributed by atoms with Gasteiger partial charge in [-0.3, -0.25) is 14.6 Å². The van der Waals surface area contributed by atoms with Crippen LogP contribution >= 0.6 is 0 Å². The van der Waals surface area contributed by atoms with Crippen LogP contribution in [0.3, 0.4) is 0 Å². The minimum absolute atomic E-state index is 0.00657. The summed E-state index contributed by atoms with van der Waals surface area (Å²) in [5.41, 5.74) is -1.51. The summed E-state index contributed by atoms with van der Waals surface area (Å²) in [6, 6.07) is 11.1. The van der Waals surface area contributed by atoms with Gasteiger partial charge in [0.15, 0.2) is 5.69 Å². The molecule has 1 aliphatic rings. The third kappa shape index (κ3) is 6.27. The Balaban J connectivity index is 1.27. The molecule has 202 valence electrons. The Labute approximate surface area is 217 Å². The van der Waals surface area contributed by atoms with Gasteiger partial charge in [0.05, 0.1) is 11.3 Å². The van der Waals surface area contributed by atoms with E-state index in [2.05, 4.69) is 15.4 Å². The van der Waals surface area contributed by atoms with Gasteiger partial charge in [-0.25, -0.2) is 13.1 Å². The highest BCUT2D eigenvalue weighted by Gasteiger charge is 2.39. The van der Waals surface area contributed by atoms with Crippen molar-refractivity contribution in [3.63, 3.8) is 0 Å². The molecule has 0 unspecified atom stereocenters. The summed E-state index contributed by atoms with van der Waals surface area (Å²) in [7, 11) is -3.67. The number of sulfonamides is 1. The van der Waals surface area contributed by atoms with E-state index < -0.39 is 33.4 Å². The molecule has 1 fully saturated rings. The number of piperidine rings is 1. The van der Waals surface area contributed by atoms with E-state index in [1.807, 2.05) is 0 Å². The molecule has 1 saturated heterocycles. The molecule has 0 atom stereocenters. The van der Waals surface area contributed by atoms with Crippen LogP contribution in [0.15, 0.2) is 66.0 Å². The molecule has 1 N–H and O–H groups in total. The molecule has 0 bridgehead atoms. The van der Waals surface area contributed by atoms with E-state index in [0.29, 0.717) is 18.5 Å². The van der Waals surface area contributed by atoms with Gasteiger partial charge in [0.2, 0.25) is 10.0 Å². The normalized spacial score (nSPS) is 15.3. The van der Waals surface area contributed by atoms with Gasteiger partial charge >= 0.3 is 6.18 Å². The van der Waals surface area contributed by atoms with Gasteiger partial charge in [-0.2, -0.15) is 22.6 Å². The van der Waals surface area contributed by atoms with Crippen molar-refractivity contribution in [2.24, 2.45) is 5.92 Å². The Morgan fingerprint density at radius 2 is 1.76 bits per heavy atom. The van der Waals surface area contributed by atoms with Crippen molar-refractivity contribution in [3.8, 4) is 5.69 Å². The van der Waals surface area contributed by atoms with Crippen LogP contribution in [0.4, 0.5) is 13.2 Å². The molecule has 0 radical (unpaired) electrons. The molecule has 38 heavy (non-hydrogen) atoms. The summed E-state index contributed by atoms with van der Waals surface area (Å²) in [5, 5.41) is 6.00. The fourth-order valence-corrected chi connectivity index (χ4v) is 5.73. The number of hydrogen-bond acceptors (Lipinski definition) is 6. The largest absolute Gasteiger partial charge is 0.435 e. The zero-order valence-electron chi connectivity index (χ0n) is 20.3. The van der Waals surface area contributed by atoms with E-state index in [-0.39, 0.29) is 49.1 Å². The summed E-state index contributed by atoms with van der Waals surface area (Å²) in [6.45, 7) is 0.415. The summed E-state index contributed by atoms with van der Waals surface area (Å²) in [4.78, 5) is 29.1. The van der Waals surface area contributed by atoms with Crippen LogP contribution in [0.2, 0.25) is 0 Å². The first-order chi connectivity index (χ1) is 18.1. The molecule has 0 saturated carbocycles. The van der Waals surface area contributed by atoms with E-state index >= 15 is 0 Å². The van der Waals surface area contributed by atoms with Crippen molar-refractivity contribution < 1.29 is 31.2 Å². The summed E-state index contributed by atoms with van der Waals surface area (Å²) in [6.07, 6.45) is 0.0950. The number of nitrogens with one attached hydrogen (secondary N) is 1. The maximum Gasteiger partial charge on any atom is 0.435 e. The zero-order chi connectivity index (χ0) is 27.3. The number of amides is 1. The Bertz CT molecular complexity index is 1370. The molecule has 0 aliphatic carbocycles. The lowest BCUT2D eigenvalue weighted by atomic mass is 9.91. The molecule has 3 heterocycles. The standard InChI is InChI=1S/C25H26F3N5O4S/c26-25(27,28)23-21(17-33(31-23)19-6-2-1-3-7-19)24(35)30-13-5-9-22(34)18-10-14-32(15-11-18)38(36,37)20-8-4-12-29-16-20/h1-4,6-8,12,16-18H,5,9-11,13-15H2,(H,30,35). The van der Waals surface area contributed by atoms with Crippen LogP contribution in [-0.2, 0) is 21.0 Å². The van der Waals surface area contributed by atoms with Gasteiger partial charge < -0.3 is 5.32 Å². The topological polar surface area (TPSA) is 114 Å². The predicted molar refractivity (Wildman–Crippen MR) is 131 cm³/mol. The van der Waals surface area contributed by atoms with Crippen molar-refractivity contribution in [2.75, 3.05) is 19.6 Å². The van der Waals surface area contributed by atoms with Crippen molar-refractivity contribution >= 4 is 21.7 Å². The minimum atomic E-state index is -4.82. The van der Waals surface area contributed by atoms with Crippen LogP contribution in [0.1, 0.15) is 41.7 Å². The quantitative estimate of drug-likeness (QED) is 0.409. The van der Waals surface area contributed by atoms with Gasteiger partial charge in [-0.05, 0) is 43.5 Å². The molecule has 13 heteroatoms. The molecule has 9 nitrogen and oxygen atoms in total. The molecule has 2 aromatic heterocycles. The molecule has 3 aromatic rings. The van der Waals surface area contributed by atoms with Crippen molar-refractivity contribution in [3.05, 3.63) is 72.3 Å². The lowest BCUT2D eigenvalue weighted by Gasteiger charge is -2.30. The molecule has 1 aliphatic heterocycles. The van der Waals surface area contributed by atoms with E-state index in [9.17, 15) is 31.2 Å². The first-order valence-corrected chi connectivity index (χ1v) is 13.4. The van der Waals surface area contributed by atoms with E-state index in [4.69, 9.17) is 0 Å². The van der Waals surface area contributed by atoms with Gasteiger partial charge in [0.1, 0.15) is 10.7 Å². The first-order valence-electron chi connectivity index (χ1n) is 12.0. The second-order valence-electron chi connectivity index (χ2n) is 8.86. The number of nitrogens with zero attached hydrogens (tertiary/aromatic N) is 4. The predicted octanol–water partition coefficient (Wildman–Crippen LogP) is 3.47. The molecule has 1 aromatic carbocycles. The van der Waals surface area contributed by atoms with Gasteiger partial charge in [-0.15, -0.1) is 0 Å². The third-order valence-electron chi connectivity index (χ3n) is 6.32. The van der Waals surface area contributed by atoms with E-state index in [1.165, 1.54) is 22.8 Å². The van der Waals surface area contributed by atoms with Crippen molar-refractivity contribution in [1.82, 2.24) is 24.4 Å². The fourth-order valence-electron chi connectivity index (χ4n) is 4.29. The number of alkyl halides is 3. The summed E-state index contributed by atoms with van der Waals surface area (Å²) >= 11 is 0. The van der Waals surface area contributed by atoms with Crippen molar-refractivity contribution in [2.45, 2.75) is 36.8 Å². The number of hydrogen-bond donors (Lipinski definition) is 1. The highest BCUT2D eigenvalue weighted by atomic mass is 32.2. The van der Waals surface area contributed by atoms with E-state index in [1.54, 1.807) is 36.4 Å². The number of benzene rings is 1. The van der Waals surface area contributed by atoms with Crippen LogP contribution in [0.5, 0.6) is 0 Å². The smallest absolute Gasteiger partial charge is 0.352 e. The van der Waals surface area contributed by atoms with Crippen LogP contribution in [0.25, 0.3) is 5.69 Å². The fraction of sp³-hybridized carbons (Fsp3) is 0.360. The summed E-state index contributed by atoms with van der Waals surface area (Å²) < 4.78 is 68.2. The lowest BCUT2D eigenvalue weighted by molar-refractivity contribution is -0.141. The number of aromatic nitrogens is 3. The molecule has 4 rings (SSSR count). The monoisotopic (exact) mass is 549 g/mol. The number of carbonyl (C=O) groups excluding carboxylic acids is 2. The average Bonchev–Trinajstić information content (AvgIpc) is 3.39. The van der Waals surface area contributed by atoms with Crippen LogP contribution in [0, 0.1) is 5.92 Å². The summed E-state index contributed by atoms with van der Waals surface area (Å²) in [5.74, 6) is -1.31.